The molecule has 0 bridgehead atoms. The van der Waals surface area contributed by atoms with E-state index in [1.807, 2.05) is 24.3 Å². The zero-order chi connectivity index (χ0) is 16.8. The number of rotatable bonds is 7. The van der Waals surface area contributed by atoms with Crippen LogP contribution in [0.4, 0.5) is 0 Å². The van der Waals surface area contributed by atoms with Gasteiger partial charge in [0, 0.05) is 5.56 Å². The number of carboxylic acids is 1. The second-order valence-electron chi connectivity index (χ2n) is 4.90. The molecule has 122 valence electrons. The number of carbonyl (C=O) groups excluding carboxylic acids is 1. The number of nitrogens with zero attached hydrogens (tertiary/aromatic N) is 1. The summed E-state index contributed by atoms with van der Waals surface area (Å²) in [5.74, 6) is -0.777. The SMILES string of the molecule is CCCCOc1ccccc1/C=C1\SC(=S)N(CC(=O)O)C1=O. The van der Waals surface area contributed by atoms with E-state index in [4.69, 9.17) is 22.1 Å². The third-order valence-corrected chi connectivity index (χ3v) is 4.51. The van der Waals surface area contributed by atoms with Crippen molar-refractivity contribution in [1.29, 1.82) is 0 Å². The van der Waals surface area contributed by atoms with Gasteiger partial charge in [0.1, 0.15) is 16.6 Å². The van der Waals surface area contributed by atoms with E-state index in [0.29, 0.717) is 17.3 Å². The average molecular weight is 351 g/mol. The second-order valence-corrected chi connectivity index (χ2v) is 6.58. The molecule has 0 spiro atoms. The molecular formula is C16H17NO4S2. The molecule has 5 nitrogen and oxygen atoms in total. The van der Waals surface area contributed by atoms with Crippen molar-refractivity contribution in [1.82, 2.24) is 4.90 Å². The van der Waals surface area contributed by atoms with E-state index in [-0.39, 0.29) is 10.2 Å². The predicted octanol–water partition coefficient (Wildman–Crippen LogP) is 3.15. The highest BCUT2D eigenvalue weighted by Gasteiger charge is 2.33. The summed E-state index contributed by atoms with van der Waals surface area (Å²) in [5, 5.41) is 8.85. The summed E-state index contributed by atoms with van der Waals surface area (Å²) in [6.45, 7) is 2.28. The van der Waals surface area contributed by atoms with Crippen LogP contribution in [0.15, 0.2) is 29.2 Å². The Hall–Kier alpha value is -1.86. The van der Waals surface area contributed by atoms with Gasteiger partial charge in [0.25, 0.3) is 5.91 Å². The Balaban J connectivity index is 2.20. The number of thioether (sulfide) groups is 1. The van der Waals surface area contributed by atoms with E-state index in [1.54, 1.807) is 6.08 Å². The van der Waals surface area contributed by atoms with Crippen molar-refractivity contribution >= 4 is 46.3 Å². The minimum atomic E-state index is -1.09. The van der Waals surface area contributed by atoms with Gasteiger partial charge in [-0.2, -0.15) is 0 Å². The Morgan fingerprint density at radius 2 is 2.17 bits per heavy atom. The number of hydrogen-bond donors (Lipinski definition) is 1. The van der Waals surface area contributed by atoms with Crippen LogP contribution in [0, 0.1) is 0 Å². The van der Waals surface area contributed by atoms with Gasteiger partial charge in [-0.3, -0.25) is 14.5 Å². The Kier molecular flexibility index (Phi) is 6.18. The topological polar surface area (TPSA) is 66.8 Å². The Bertz CT molecular complexity index is 657. The number of hydrogen-bond acceptors (Lipinski definition) is 5. The lowest BCUT2D eigenvalue weighted by atomic mass is 10.2. The molecule has 1 aliphatic heterocycles. The van der Waals surface area contributed by atoms with Crippen LogP contribution in [0.2, 0.25) is 0 Å². The number of carboxylic acid groups (broad SMARTS) is 1. The minimum absolute atomic E-state index is 0.257. The van der Waals surface area contributed by atoms with Gasteiger partial charge in [-0.25, -0.2) is 0 Å². The van der Waals surface area contributed by atoms with Crippen LogP contribution >= 0.6 is 24.0 Å². The maximum atomic E-state index is 12.3. The van der Waals surface area contributed by atoms with Crippen molar-refractivity contribution < 1.29 is 19.4 Å². The van der Waals surface area contributed by atoms with Crippen LogP contribution < -0.4 is 4.74 Å². The largest absolute Gasteiger partial charge is 0.493 e. The summed E-state index contributed by atoms with van der Waals surface area (Å²) in [6, 6.07) is 7.43. The molecular weight excluding hydrogens is 334 g/mol. The third kappa shape index (κ3) is 4.56. The summed E-state index contributed by atoms with van der Waals surface area (Å²) >= 11 is 6.19. The van der Waals surface area contributed by atoms with Gasteiger partial charge >= 0.3 is 5.97 Å². The van der Waals surface area contributed by atoms with E-state index >= 15 is 0 Å². The molecule has 2 rings (SSSR count). The molecule has 1 amide bonds. The molecule has 0 radical (unpaired) electrons. The Labute approximate surface area is 144 Å². The first-order valence-corrected chi connectivity index (χ1v) is 8.44. The summed E-state index contributed by atoms with van der Waals surface area (Å²) in [4.78, 5) is 24.6. The summed E-state index contributed by atoms with van der Waals surface area (Å²) in [6.07, 6.45) is 3.69. The van der Waals surface area contributed by atoms with Crippen molar-refractivity contribution in [3.63, 3.8) is 0 Å². The highest BCUT2D eigenvalue weighted by molar-refractivity contribution is 8.26. The highest BCUT2D eigenvalue weighted by Crippen LogP contribution is 2.34. The number of amides is 1. The van der Waals surface area contributed by atoms with E-state index < -0.39 is 12.5 Å². The van der Waals surface area contributed by atoms with Crippen LogP contribution in [0.3, 0.4) is 0 Å². The van der Waals surface area contributed by atoms with E-state index in [2.05, 4.69) is 6.92 Å². The molecule has 1 aromatic rings. The van der Waals surface area contributed by atoms with E-state index in [9.17, 15) is 9.59 Å². The summed E-state index contributed by atoms with van der Waals surface area (Å²) in [5.41, 5.74) is 0.777. The fraction of sp³-hybridized carbons (Fsp3) is 0.312. The van der Waals surface area contributed by atoms with E-state index in [0.717, 1.165) is 35.1 Å². The quantitative estimate of drug-likeness (QED) is 0.462. The van der Waals surface area contributed by atoms with Crippen molar-refractivity contribution in [2.24, 2.45) is 0 Å². The lowest BCUT2D eigenvalue weighted by Crippen LogP contribution is -2.33. The van der Waals surface area contributed by atoms with E-state index in [1.165, 1.54) is 0 Å². The monoisotopic (exact) mass is 351 g/mol. The van der Waals surface area contributed by atoms with Gasteiger partial charge in [0.2, 0.25) is 0 Å². The molecule has 1 N–H and O–H groups in total. The van der Waals surface area contributed by atoms with Crippen LogP contribution in [0.5, 0.6) is 5.75 Å². The zero-order valence-electron chi connectivity index (χ0n) is 12.7. The van der Waals surface area contributed by atoms with Crippen LogP contribution in [-0.4, -0.2) is 39.4 Å². The standard InChI is InChI=1S/C16H17NO4S2/c1-2-3-8-21-12-7-5-4-6-11(12)9-13-15(20)17(10-14(18)19)16(22)23-13/h4-7,9H,2-3,8,10H2,1H3,(H,18,19)/b13-9-. The first-order valence-electron chi connectivity index (χ1n) is 7.22. The smallest absolute Gasteiger partial charge is 0.323 e. The molecule has 1 saturated heterocycles. The molecule has 23 heavy (non-hydrogen) atoms. The van der Waals surface area contributed by atoms with Crippen LogP contribution in [0.1, 0.15) is 25.3 Å². The predicted molar refractivity (Wildman–Crippen MR) is 94.4 cm³/mol. The van der Waals surface area contributed by atoms with Crippen LogP contribution in [-0.2, 0) is 9.59 Å². The number of unbranched alkanes of at least 4 members (excludes halogenated alkanes) is 1. The number of aliphatic carboxylic acids is 1. The van der Waals surface area contributed by atoms with Gasteiger partial charge in [0.15, 0.2) is 0 Å². The fourth-order valence-electron chi connectivity index (χ4n) is 1.97. The molecule has 0 atom stereocenters. The number of para-hydroxylation sites is 1. The van der Waals surface area contributed by atoms with Gasteiger partial charge in [-0.15, -0.1) is 0 Å². The first-order chi connectivity index (χ1) is 11.0. The highest BCUT2D eigenvalue weighted by atomic mass is 32.2. The minimum Gasteiger partial charge on any atom is -0.493 e. The van der Waals surface area contributed by atoms with Crippen molar-refractivity contribution in [2.45, 2.75) is 19.8 Å². The molecule has 0 saturated carbocycles. The number of thiocarbonyl (C=S) groups is 1. The molecule has 1 fully saturated rings. The molecule has 0 aromatic heterocycles. The fourth-order valence-corrected chi connectivity index (χ4v) is 3.22. The van der Waals surface area contributed by atoms with Crippen molar-refractivity contribution in [3.05, 3.63) is 34.7 Å². The van der Waals surface area contributed by atoms with Gasteiger partial charge < -0.3 is 9.84 Å². The van der Waals surface area contributed by atoms with Crippen LogP contribution in [0.25, 0.3) is 6.08 Å². The molecule has 1 aliphatic rings. The normalized spacial score (nSPS) is 16.2. The zero-order valence-corrected chi connectivity index (χ0v) is 14.3. The first kappa shape index (κ1) is 17.5. The number of ether oxygens (including phenoxy) is 1. The molecule has 1 aromatic carbocycles. The van der Waals surface area contributed by atoms with Gasteiger partial charge in [-0.05, 0) is 18.6 Å². The van der Waals surface area contributed by atoms with Gasteiger partial charge in [-0.1, -0.05) is 55.5 Å². The second kappa shape index (κ2) is 8.12. The van der Waals surface area contributed by atoms with Gasteiger partial charge in [0.05, 0.1) is 11.5 Å². The maximum absolute atomic E-state index is 12.3. The third-order valence-electron chi connectivity index (χ3n) is 3.13. The van der Waals surface area contributed by atoms with Crippen molar-refractivity contribution in [3.8, 4) is 5.75 Å². The molecule has 0 unspecified atom stereocenters. The lowest BCUT2D eigenvalue weighted by molar-refractivity contribution is -0.140. The average Bonchev–Trinajstić information content (AvgIpc) is 2.76. The van der Waals surface area contributed by atoms with Crippen molar-refractivity contribution in [2.75, 3.05) is 13.2 Å². The summed E-state index contributed by atoms with van der Waals surface area (Å²) < 4.78 is 5.99. The maximum Gasteiger partial charge on any atom is 0.323 e. The molecule has 1 heterocycles. The Morgan fingerprint density at radius 3 is 2.87 bits per heavy atom. The molecule has 0 aliphatic carbocycles. The number of benzene rings is 1. The molecule has 7 heteroatoms. The Morgan fingerprint density at radius 1 is 1.43 bits per heavy atom. The number of carbonyl (C=O) groups is 2. The lowest BCUT2D eigenvalue weighted by Gasteiger charge is -2.10. The summed E-state index contributed by atoms with van der Waals surface area (Å²) in [7, 11) is 0.